The van der Waals surface area contributed by atoms with Crippen LogP contribution in [0.2, 0.25) is 0 Å². The standard InChI is InChI=1S/C14H16O5/c1-13(16)14(7-8-17-12(14)15)9-11(18-19-13)10-5-3-2-4-6-10/h2-6,11,16H,7-9H2,1H3/t11-,13?,14-/m1/s1. The van der Waals surface area contributed by atoms with Gasteiger partial charge in [-0.1, -0.05) is 30.3 Å². The highest BCUT2D eigenvalue weighted by Gasteiger charge is 2.62. The SMILES string of the molecule is CC1(O)OO[C@@H](c2ccccc2)C[C@@]12CCOC2=O. The van der Waals surface area contributed by atoms with Gasteiger partial charge in [-0.2, -0.15) is 4.89 Å². The minimum absolute atomic E-state index is 0.305. The molecule has 1 spiro atoms. The van der Waals surface area contributed by atoms with Crippen LogP contribution in [0.25, 0.3) is 0 Å². The molecule has 102 valence electrons. The molecule has 5 heteroatoms. The molecular weight excluding hydrogens is 248 g/mol. The van der Waals surface area contributed by atoms with Gasteiger partial charge < -0.3 is 9.84 Å². The molecule has 2 aliphatic rings. The van der Waals surface area contributed by atoms with Gasteiger partial charge in [0.15, 0.2) is 0 Å². The van der Waals surface area contributed by atoms with Crippen LogP contribution >= 0.6 is 0 Å². The van der Waals surface area contributed by atoms with E-state index in [-0.39, 0.29) is 6.10 Å². The average molecular weight is 264 g/mol. The maximum absolute atomic E-state index is 12.0. The Morgan fingerprint density at radius 1 is 1.32 bits per heavy atom. The molecule has 1 aromatic rings. The van der Waals surface area contributed by atoms with Gasteiger partial charge >= 0.3 is 5.97 Å². The fourth-order valence-electron chi connectivity index (χ4n) is 2.78. The van der Waals surface area contributed by atoms with Crippen LogP contribution < -0.4 is 0 Å². The Bertz CT molecular complexity index is 484. The fraction of sp³-hybridized carbons (Fsp3) is 0.500. The molecule has 0 saturated carbocycles. The number of rotatable bonds is 1. The molecule has 0 aliphatic carbocycles. The van der Waals surface area contributed by atoms with Crippen molar-refractivity contribution in [3.8, 4) is 0 Å². The van der Waals surface area contributed by atoms with Crippen molar-refractivity contribution in [2.75, 3.05) is 6.61 Å². The van der Waals surface area contributed by atoms with Gasteiger partial charge in [0.25, 0.3) is 0 Å². The molecule has 0 aromatic heterocycles. The third-order valence-electron chi connectivity index (χ3n) is 4.07. The maximum atomic E-state index is 12.0. The van der Waals surface area contributed by atoms with Gasteiger partial charge in [0.1, 0.15) is 11.5 Å². The number of carbonyl (C=O) groups excluding carboxylic acids is 1. The molecule has 3 atom stereocenters. The monoisotopic (exact) mass is 264 g/mol. The third-order valence-corrected chi connectivity index (χ3v) is 4.07. The van der Waals surface area contributed by atoms with E-state index in [0.717, 1.165) is 5.56 Å². The zero-order chi connectivity index (χ0) is 13.5. The summed E-state index contributed by atoms with van der Waals surface area (Å²) in [6.45, 7) is 1.75. The van der Waals surface area contributed by atoms with Crippen molar-refractivity contribution in [3.05, 3.63) is 35.9 Å². The maximum Gasteiger partial charge on any atom is 0.317 e. The molecular formula is C14H16O5. The largest absolute Gasteiger partial charge is 0.465 e. The molecule has 1 N–H and O–H groups in total. The number of cyclic esters (lactones) is 1. The predicted molar refractivity (Wildman–Crippen MR) is 64.6 cm³/mol. The summed E-state index contributed by atoms with van der Waals surface area (Å²) in [6.07, 6.45) is 0.404. The van der Waals surface area contributed by atoms with Crippen molar-refractivity contribution < 1.29 is 24.4 Å². The first-order chi connectivity index (χ1) is 9.05. The van der Waals surface area contributed by atoms with E-state index in [0.29, 0.717) is 19.4 Å². The average Bonchev–Trinajstić information content (AvgIpc) is 2.77. The van der Waals surface area contributed by atoms with E-state index in [4.69, 9.17) is 14.5 Å². The zero-order valence-corrected chi connectivity index (χ0v) is 10.7. The van der Waals surface area contributed by atoms with E-state index in [1.54, 1.807) is 0 Å². The van der Waals surface area contributed by atoms with Crippen molar-refractivity contribution in [1.29, 1.82) is 0 Å². The first-order valence-electron chi connectivity index (χ1n) is 6.34. The van der Waals surface area contributed by atoms with E-state index in [1.165, 1.54) is 6.92 Å². The van der Waals surface area contributed by atoms with Gasteiger partial charge in [0, 0.05) is 12.8 Å². The highest BCUT2D eigenvalue weighted by molar-refractivity contribution is 5.80. The van der Waals surface area contributed by atoms with Crippen LogP contribution in [-0.2, 0) is 19.3 Å². The van der Waals surface area contributed by atoms with Crippen LogP contribution in [0, 0.1) is 5.41 Å². The zero-order valence-electron chi connectivity index (χ0n) is 10.7. The summed E-state index contributed by atoms with van der Waals surface area (Å²) in [6, 6.07) is 9.50. The van der Waals surface area contributed by atoms with E-state index in [1.807, 2.05) is 30.3 Å². The molecule has 1 unspecified atom stereocenters. The van der Waals surface area contributed by atoms with Crippen LogP contribution in [-0.4, -0.2) is 23.5 Å². The Kier molecular flexibility index (Phi) is 2.85. The molecule has 3 rings (SSSR count). The number of hydrogen-bond acceptors (Lipinski definition) is 5. The lowest BCUT2D eigenvalue weighted by atomic mass is 9.72. The molecule has 19 heavy (non-hydrogen) atoms. The Morgan fingerprint density at radius 2 is 2.05 bits per heavy atom. The summed E-state index contributed by atoms with van der Waals surface area (Å²) >= 11 is 0. The van der Waals surface area contributed by atoms with E-state index in [9.17, 15) is 9.90 Å². The van der Waals surface area contributed by atoms with Gasteiger partial charge in [-0.15, -0.1) is 0 Å². The minimum atomic E-state index is -1.66. The molecule has 2 aliphatic heterocycles. The Hall–Kier alpha value is -1.43. The lowest BCUT2D eigenvalue weighted by Gasteiger charge is -2.44. The summed E-state index contributed by atoms with van der Waals surface area (Å²) in [5.74, 6) is -2.08. The normalized spacial score (nSPS) is 38.4. The number of hydrogen-bond donors (Lipinski definition) is 1. The van der Waals surface area contributed by atoms with Crippen LogP contribution in [0.15, 0.2) is 30.3 Å². The van der Waals surface area contributed by atoms with Crippen molar-refractivity contribution >= 4 is 5.97 Å². The quantitative estimate of drug-likeness (QED) is 0.618. The molecule has 2 heterocycles. The highest BCUT2D eigenvalue weighted by Crippen LogP contribution is 2.52. The summed E-state index contributed by atoms with van der Waals surface area (Å²) in [7, 11) is 0. The van der Waals surface area contributed by atoms with Crippen LogP contribution in [0.5, 0.6) is 0 Å². The molecule has 1 aromatic carbocycles. The predicted octanol–water partition coefficient (Wildman–Crippen LogP) is 1.72. The lowest BCUT2D eigenvalue weighted by molar-refractivity contribution is -0.485. The minimum Gasteiger partial charge on any atom is -0.465 e. The Balaban J connectivity index is 1.92. The molecule has 0 bridgehead atoms. The number of esters is 1. The topological polar surface area (TPSA) is 65.0 Å². The smallest absolute Gasteiger partial charge is 0.317 e. The Morgan fingerprint density at radius 3 is 2.68 bits per heavy atom. The van der Waals surface area contributed by atoms with Crippen molar-refractivity contribution in [1.82, 2.24) is 0 Å². The van der Waals surface area contributed by atoms with Gasteiger partial charge in [-0.05, 0) is 12.5 Å². The summed E-state index contributed by atoms with van der Waals surface area (Å²) in [4.78, 5) is 22.4. The van der Waals surface area contributed by atoms with Gasteiger partial charge in [-0.3, -0.25) is 4.79 Å². The summed E-state index contributed by atoms with van der Waals surface area (Å²) in [5, 5.41) is 10.3. The number of aliphatic hydroxyl groups is 1. The fourth-order valence-corrected chi connectivity index (χ4v) is 2.78. The summed E-state index contributed by atoms with van der Waals surface area (Å²) < 4.78 is 5.03. The Labute approximate surface area is 111 Å². The second kappa shape index (κ2) is 4.30. The van der Waals surface area contributed by atoms with Crippen LogP contribution in [0.4, 0.5) is 0 Å². The van der Waals surface area contributed by atoms with Crippen molar-refractivity contribution in [3.63, 3.8) is 0 Å². The van der Waals surface area contributed by atoms with Gasteiger partial charge in [0.2, 0.25) is 5.79 Å². The van der Waals surface area contributed by atoms with Crippen LogP contribution in [0.3, 0.4) is 0 Å². The first-order valence-corrected chi connectivity index (χ1v) is 6.34. The molecule has 5 nitrogen and oxygen atoms in total. The van der Waals surface area contributed by atoms with E-state index >= 15 is 0 Å². The number of carbonyl (C=O) groups is 1. The lowest BCUT2D eigenvalue weighted by Crippen LogP contribution is -2.55. The van der Waals surface area contributed by atoms with Crippen LogP contribution in [0.1, 0.15) is 31.4 Å². The van der Waals surface area contributed by atoms with E-state index < -0.39 is 17.2 Å². The molecule has 2 fully saturated rings. The van der Waals surface area contributed by atoms with Gasteiger partial charge in [-0.25, -0.2) is 4.89 Å². The first kappa shape index (κ1) is 12.6. The number of benzene rings is 1. The molecule has 0 radical (unpaired) electrons. The second-order valence-electron chi connectivity index (χ2n) is 5.23. The highest BCUT2D eigenvalue weighted by atomic mass is 17.2. The third kappa shape index (κ3) is 1.85. The van der Waals surface area contributed by atoms with Crippen molar-refractivity contribution in [2.45, 2.75) is 31.7 Å². The number of ether oxygens (including phenoxy) is 1. The molecule has 0 amide bonds. The molecule has 2 saturated heterocycles. The summed E-state index contributed by atoms with van der Waals surface area (Å²) in [5.41, 5.74) is -0.136. The van der Waals surface area contributed by atoms with Crippen molar-refractivity contribution in [2.24, 2.45) is 5.41 Å². The second-order valence-corrected chi connectivity index (χ2v) is 5.23. The van der Waals surface area contributed by atoms with E-state index in [2.05, 4.69) is 0 Å². The van der Waals surface area contributed by atoms with Gasteiger partial charge in [0.05, 0.1) is 6.61 Å².